The molecule has 5 nitrogen and oxygen atoms in total. The molecule has 0 unspecified atom stereocenters. The summed E-state index contributed by atoms with van der Waals surface area (Å²) in [4.78, 5) is 0.127. The summed E-state index contributed by atoms with van der Waals surface area (Å²) in [6.45, 7) is 5.86. The van der Waals surface area contributed by atoms with Gasteiger partial charge in [0.2, 0.25) is 0 Å². The van der Waals surface area contributed by atoms with Gasteiger partial charge >= 0.3 is 0 Å². The molecular formula is C18H19N3O2S. The topological polar surface area (TPSA) is 64.0 Å². The van der Waals surface area contributed by atoms with E-state index in [-0.39, 0.29) is 4.90 Å². The third kappa shape index (κ3) is 3.49. The Hall–Kier alpha value is -2.60. The monoisotopic (exact) mass is 341 g/mol. The van der Waals surface area contributed by atoms with E-state index in [1.54, 1.807) is 16.8 Å². The second kappa shape index (κ2) is 6.13. The first-order valence-corrected chi connectivity index (χ1v) is 9.05. The fourth-order valence-electron chi connectivity index (χ4n) is 2.53. The minimum atomic E-state index is -3.68. The van der Waals surface area contributed by atoms with Crippen LogP contribution in [0.15, 0.2) is 59.8 Å². The molecule has 0 amide bonds. The van der Waals surface area contributed by atoms with Crippen LogP contribution in [0, 0.1) is 20.8 Å². The average Bonchev–Trinajstić information content (AvgIpc) is 2.97. The van der Waals surface area contributed by atoms with Gasteiger partial charge in [-0.3, -0.25) is 4.72 Å². The molecule has 2 aromatic carbocycles. The van der Waals surface area contributed by atoms with Crippen molar-refractivity contribution < 1.29 is 8.42 Å². The molecule has 0 aliphatic heterocycles. The first-order chi connectivity index (χ1) is 11.3. The Morgan fingerprint density at radius 2 is 1.54 bits per heavy atom. The third-order valence-electron chi connectivity index (χ3n) is 3.64. The van der Waals surface area contributed by atoms with Gasteiger partial charge in [0, 0.05) is 5.69 Å². The van der Waals surface area contributed by atoms with Gasteiger partial charge in [0.05, 0.1) is 18.1 Å². The Bertz CT molecular complexity index is 954. The van der Waals surface area contributed by atoms with E-state index in [2.05, 4.69) is 9.82 Å². The lowest BCUT2D eigenvalue weighted by atomic mass is 10.1. The SMILES string of the molecule is Cc1ccc(-n2cc(S(=O)(=O)Nc3cc(C)cc(C)c3)cn2)cc1. The van der Waals surface area contributed by atoms with Gasteiger partial charge in [-0.25, -0.2) is 13.1 Å². The summed E-state index contributed by atoms with van der Waals surface area (Å²) in [5, 5.41) is 4.16. The number of rotatable bonds is 4. The van der Waals surface area contributed by atoms with E-state index in [0.717, 1.165) is 22.4 Å². The van der Waals surface area contributed by atoms with Gasteiger partial charge < -0.3 is 0 Å². The van der Waals surface area contributed by atoms with Crippen LogP contribution in [0.1, 0.15) is 16.7 Å². The first kappa shape index (κ1) is 16.3. The summed E-state index contributed by atoms with van der Waals surface area (Å²) in [5.74, 6) is 0. The number of nitrogens with one attached hydrogen (secondary N) is 1. The van der Waals surface area contributed by atoms with Crippen molar-refractivity contribution in [3.63, 3.8) is 0 Å². The minimum Gasteiger partial charge on any atom is -0.280 e. The zero-order valence-electron chi connectivity index (χ0n) is 13.8. The van der Waals surface area contributed by atoms with Crippen LogP contribution in [0.2, 0.25) is 0 Å². The Kier molecular flexibility index (Phi) is 4.15. The van der Waals surface area contributed by atoms with Crippen LogP contribution in [0.25, 0.3) is 5.69 Å². The van der Waals surface area contributed by atoms with Crippen molar-refractivity contribution in [1.29, 1.82) is 0 Å². The van der Waals surface area contributed by atoms with E-state index in [0.29, 0.717) is 5.69 Å². The lowest BCUT2D eigenvalue weighted by Gasteiger charge is -2.08. The summed E-state index contributed by atoms with van der Waals surface area (Å²) in [7, 11) is -3.68. The highest BCUT2D eigenvalue weighted by atomic mass is 32.2. The maximum atomic E-state index is 12.6. The first-order valence-electron chi connectivity index (χ1n) is 7.56. The molecular weight excluding hydrogens is 322 g/mol. The predicted molar refractivity (Wildman–Crippen MR) is 95.0 cm³/mol. The van der Waals surface area contributed by atoms with Crippen molar-refractivity contribution in [2.45, 2.75) is 25.7 Å². The highest BCUT2D eigenvalue weighted by Crippen LogP contribution is 2.19. The number of aromatic nitrogens is 2. The van der Waals surface area contributed by atoms with Crippen LogP contribution in [0.4, 0.5) is 5.69 Å². The van der Waals surface area contributed by atoms with E-state index in [4.69, 9.17) is 0 Å². The summed E-state index contributed by atoms with van der Waals surface area (Å²) in [5.41, 5.74) is 4.50. The van der Waals surface area contributed by atoms with E-state index >= 15 is 0 Å². The number of hydrogen-bond donors (Lipinski definition) is 1. The van der Waals surface area contributed by atoms with Gasteiger partial charge in [0.1, 0.15) is 4.90 Å². The fraction of sp³-hybridized carbons (Fsp3) is 0.167. The van der Waals surface area contributed by atoms with Crippen LogP contribution < -0.4 is 4.72 Å². The van der Waals surface area contributed by atoms with Crippen LogP contribution in [0.5, 0.6) is 0 Å². The number of aryl methyl sites for hydroxylation is 3. The van der Waals surface area contributed by atoms with E-state index in [9.17, 15) is 8.42 Å². The molecule has 0 spiro atoms. The van der Waals surface area contributed by atoms with Crippen molar-refractivity contribution in [1.82, 2.24) is 9.78 Å². The molecule has 1 aromatic heterocycles. The Morgan fingerprint density at radius 1 is 0.917 bits per heavy atom. The molecule has 6 heteroatoms. The molecule has 0 fully saturated rings. The Morgan fingerprint density at radius 3 is 2.17 bits per heavy atom. The van der Waals surface area contributed by atoms with Gasteiger partial charge in [-0.1, -0.05) is 23.8 Å². The zero-order chi connectivity index (χ0) is 17.3. The second-order valence-electron chi connectivity index (χ2n) is 5.94. The molecule has 0 radical (unpaired) electrons. The highest BCUT2D eigenvalue weighted by Gasteiger charge is 2.17. The molecule has 0 atom stereocenters. The van der Waals surface area contributed by atoms with Crippen molar-refractivity contribution in [3.8, 4) is 5.69 Å². The summed E-state index contributed by atoms with van der Waals surface area (Å²) in [6.07, 6.45) is 2.86. The summed E-state index contributed by atoms with van der Waals surface area (Å²) < 4.78 is 29.3. The molecule has 1 heterocycles. The molecule has 0 aliphatic rings. The van der Waals surface area contributed by atoms with Crippen LogP contribution >= 0.6 is 0 Å². The second-order valence-corrected chi connectivity index (χ2v) is 7.62. The highest BCUT2D eigenvalue weighted by molar-refractivity contribution is 7.92. The quantitative estimate of drug-likeness (QED) is 0.788. The molecule has 0 saturated carbocycles. The van der Waals surface area contributed by atoms with Gasteiger partial charge in [0.15, 0.2) is 0 Å². The molecule has 0 bridgehead atoms. The van der Waals surface area contributed by atoms with Gasteiger partial charge in [-0.2, -0.15) is 5.10 Å². The predicted octanol–water partition coefficient (Wildman–Crippen LogP) is 3.60. The molecule has 0 aliphatic carbocycles. The van der Waals surface area contributed by atoms with Crippen molar-refractivity contribution >= 4 is 15.7 Å². The third-order valence-corrected chi connectivity index (χ3v) is 4.98. The summed E-state index contributed by atoms with van der Waals surface area (Å²) in [6, 6.07) is 13.3. The lowest BCUT2D eigenvalue weighted by molar-refractivity contribution is 0.601. The normalized spacial score (nSPS) is 11.5. The van der Waals surface area contributed by atoms with Crippen LogP contribution in [-0.4, -0.2) is 18.2 Å². The van der Waals surface area contributed by atoms with E-state index < -0.39 is 10.0 Å². The number of benzene rings is 2. The maximum Gasteiger partial charge on any atom is 0.265 e. The number of hydrogen-bond acceptors (Lipinski definition) is 3. The maximum absolute atomic E-state index is 12.6. The smallest absolute Gasteiger partial charge is 0.265 e. The van der Waals surface area contributed by atoms with Crippen molar-refractivity contribution in [3.05, 3.63) is 71.5 Å². The van der Waals surface area contributed by atoms with E-state index in [1.165, 1.54) is 12.4 Å². The molecule has 1 N–H and O–H groups in total. The molecule has 3 rings (SSSR count). The van der Waals surface area contributed by atoms with Crippen LogP contribution in [0.3, 0.4) is 0 Å². The van der Waals surface area contributed by atoms with E-state index in [1.807, 2.05) is 51.1 Å². The standard InChI is InChI=1S/C18H19N3O2S/c1-13-4-6-17(7-5-13)21-12-18(11-19-21)24(22,23)20-16-9-14(2)8-15(3)10-16/h4-12,20H,1-3H3. The van der Waals surface area contributed by atoms with Crippen molar-refractivity contribution in [2.24, 2.45) is 0 Å². The van der Waals surface area contributed by atoms with Crippen LogP contribution in [-0.2, 0) is 10.0 Å². The number of sulfonamides is 1. The summed E-state index contributed by atoms with van der Waals surface area (Å²) >= 11 is 0. The van der Waals surface area contributed by atoms with Gasteiger partial charge in [0.25, 0.3) is 10.0 Å². The zero-order valence-corrected chi connectivity index (χ0v) is 14.6. The molecule has 24 heavy (non-hydrogen) atoms. The van der Waals surface area contributed by atoms with Gasteiger partial charge in [-0.15, -0.1) is 0 Å². The Balaban J connectivity index is 1.89. The molecule has 0 saturated heterocycles. The van der Waals surface area contributed by atoms with Crippen molar-refractivity contribution in [2.75, 3.05) is 4.72 Å². The number of nitrogens with zero attached hydrogens (tertiary/aromatic N) is 2. The lowest BCUT2D eigenvalue weighted by Crippen LogP contribution is -2.12. The molecule has 124 valence electrons. The largest absolute Gasteiger partial charge is 0.280 e. The average molecular weight is 341 g/mol. The molecule has 3 aromatic rings. The number of anilines is 1. The minimum absolute atomic E-state index is 0.127. The fourth-order valence-corrected chi connectivity index (χ4v) is 3.50. The van der Waals surface area contributed by atoms with Gasteiger partial charge in [-0.05, 0) is 56.2 Å². The Labute approximate surface area is 142 Å².